The molecule has 0 bridgehead atoms. The lowest BCUT2D eigenvalue weighted by Crippen LogP contribution is -2.31. The molecule has 0 radical (unpaired) electrons. The quantitative estimate of drug-likeness (QED) is 0.469. The Kier molecular flexibility index (Phi) is 4.36. The number of benzene rings is 3. The van der Waals surface area contributed by atoms with Crippen molar-refractivity contribution in [3.05, 3.63) is 95.1 Å². The molecule has 4 rings (SSSR count). The van der Waals surface area contributed by atoms with Crippen LogP contribution in [0.4, 0.5) is 0 Å². The molecular weight excluding hydrogens is 336 g/mol. The van der Waals surface area contributed by atoms with Crippen LogP contribution in [0.25, 0.3) is 0 Å². The maximum atomic E-state index is 13.4. The summed E-state index contributed by atoms with van der Waals surface area (Å²) >= 11 is 0. The maximum absolute atomic E-state index is 13.4. The van der Waals surface area contributed by atoms with E-state index in [4.69, 9.17) is 4.74 Å². The molecule has 3 aromatic carbocycles. The lowest BCUT2D eigenvalue weighted by Gasteiger charge is -2.32. The molecular formula is C24H20O3. The Morgan fingerprint density at radius 3 is 1.85 bits per heavy atom. The summed E-state index contributed by atoms with van der Waals surface area (Å²) in [6, 6.07) is 22.7. The summed E-state index contributed by atoms with van der Waals surface area (Å²) in [5, 5.41) is 0. The highest BCUT2D eigenvalue weighted by Crippen LogP contribution is 2.48. The number of hydrogen-bond acceptors (Lipinski definition) is 3. The van der Waals surface area contributed by atoms with Gasteiger partial charge in [0.25, 0.3) is 0 Å². The number of para-hydroxylation sites is 2. The van der Waals surface area contributed by atoms with Crippen LogP contribution in [-0.4, -0.2) is 11.6 Å². The molecule has 0 N–H and O–H groups in total. The number of carbonyl (C=O) groups excluding carboxylic acids is 2. The third-order valence-corrected chi connectivity index (χ3v) is 5.12. The fourth-order valence-electron chi connectivity index (χ4n) is 3.77. The molecule has 0 aliphatic carbocycles. The molecule has 1 aliphatic heterocycles. The summed E-state index contributed by atoms with van der Waals surface area (Å²) in [4.78, 5) is 26.0. The normalized spacial score (nSPS) is 13.9. The molecule has 0 spiro atoms. The number of hydrogen-bond donors (Lipinski definition) is 0. The molecule has 3 aromatic rings. The highest BCUT2D eigenvalue weighted by atomic mass is 16.5. The van der Waals surface area contributed by atoms with E-state index in [-0.39, 0.29) is 17.5 Å². The average molecular weight is 356 g/mol. The molecule has 0 saturated carbocycles. The highest BCUT2D eigenvalue weighted by Gasteiger charge is 2.39. The molecule has 0 unspecified atom stereocenters. The molecule has 0 amide bonds. The monoisotopic (exact) mass is 356 g/mol. The van der Waals surface area contributed by atoms with Gasteiger partial charge in [-0.25, -0.2) is 0 Å². The first-order chi connectivity index (χ1) is 13.1. The van der Waals surface area contributed by atoms with E-state index in [1.165, 1.54) is 6.92 Å². The Morgan fingerprint density at radius 1 is 0.815 bits per heavy atom. The van der Waals surface area contributed by atoms with Crippen LogP contribution in [0.1, 0.15) is 39.9 Å². The van der Waals surface area contributed by atoms with Crippen molar-refractivity contribution in [2.45, 2.75) is 19.8 Å². The summed E-state index contributed by atoms with van der Waals surface area (Å²) in [7, 11) is 0. The molecule has 1 atom stereocenters. The second-order valence-corrected chi connectivity index (χ2v) is 6.97. The molecule has 0 aromatic heterocycles. The second kappa shape index (κ2) is 6.84. The Morgan fingerprint density at radius 2 is 1.33 bits per heavy atom. The number of Topliss-reactive ketones (excluding diaryl/α,β-unsaturated/α-hetero) is 2. The van der Waals surface area contributed by atoms with E-state index >= 15 is 0 Å². The number of fused-ring (bicyclic) bond motifs is 2. The Labute approximate surface area is 158 Å². The Hall–Kier alpha value is -3.20. The van der Waals surface area contributed by atoms with Gasteiger partial charge in [-0.15, -0.1) is 0 Å². The third-order valence-electron chi connectivity index (χ3n) is 5.12. The fourth-order valence-corrected chi connectivity index (χ4v) is 3.77. The minimum atomic E-state index is -0.793. The summed E-state index contributed by atoms with van der Waals surface area (Å²) in [6.45, 7) is 3.47. The lowest BCUT2D eigenvalue weighted by molar-refractivity contribution is -0.119. The second-order valence-electron chi connectivity index (χ2n) is 6.97. The molecule has 3 nitrogen and oxygen atoms in total. The van der Waals surface area contributed by atoms with Gasteiger partial charge in [-0.3, -0.25) is 9.59 Å². The van der Waals surface area contributed by atoms with Crippen LogP contribution < -0.4 is 4.74 Å². The summed E-state index contributed by atoms with van der Waals surface area (Å²) in [5.41, 5.74) is 3.38. The van der Waals surface area contributed by atoms with Crippen LogP contribution >= 0.6 is 0 Å². The van der Waals surface area contributed by atoms with Crippen molar-refractivity contribution < 1.29 is 14.3 Å². The summed E-state index contributed by atoms with van der Waals surface area (Å²) in [6.07, 6.45) is 0. The average Bonchev–Trinajstić information content (AvgIpc) is 2.68. The number of ether oxygens (including phenoxy) is 1. The van der Waals surface area contributed by atoms with Crippen LogP contribution in [0.5, 0.6) is 11.5 Å². The summed E-state index contributed by atoms with van der Waals surface area (Å²) < 4.78 is 6.02. The van der Waals surface area contributed by atoms with E-state index in [2.05, 4.69) is 0 Å². The maximum Gasteiger partial charge on any atom is 0.174 e. The zero-order chi connectivity index (χ0) is 19.0. The lowest BCUT2D eigenvalue weighted by atomic mass is 9.74. The van der Waals surface area contributed by atoms with Gasteiger partial charge in [-0.2, -0.15) is 0 Å². The zero-order valence-electron chi connectivity index (χ0n) is 15.3. The van der Waals surface area contributed by atoms with Gasteiger partial charge >= 0.3 is 0 Å². The van der Waals surface area contributed by atoms with Crippen LogP contribution in [0, 0.1) is 12.8 Å². The van der Waals surface area contributed by atoms with Crippen LogP contribution in [-0.2, 0) is 4.79 Å². The number of ketones is 2. The molecule has 134 valence electrons. The number of aryl methyl sites for hydroxylation is 1. The largest absolute Gasteiger partial charge is 0.457 e. The molecule has 0 fully saturated rings. The van der Waals surface area contributed by atoms with Gasteiger partial charge in [0.2, 0.25) is 0 Å². The minimum absolute atomic E-state index is 0.142. The molecule has 0 saturated heterocycles. The third kappa shape index (κ3) is 3.06. The predicted octanol–water partition coefficient (Wildman–Crippen LogP) is 5.32. The van der Waals surface area contributed by atoms with E-state index in [0.717, 1.165) is 16.7 Å². The van der Waals surface area contributed by atoms with Gasteiger partial charge in [-0.05, 0) is 26.0 Å². The smallest absolute Gasteiger partial charge is 0.174 e. The SMILES string of the molecule is CC(=O)[C@H](C(=O)c1ccc(C)cc1)C1c2ccccc2Oc2ccccc21. The molecule has 1 aliphatic rings. The Bertz CT molecular complexity index is 972. The first kappa shape index (κ1) is 17.2. The van der Waals surface area contributed by atoms with Gasteiger partial charge in [0, 0.05) is 22.6 Å². The first-order valence-corrected chi connectivity index (χ1v) is 9.03. The van der Waals surface area contributed by atoms with Crippen LogP contribution in [0.15, 0.2) is 72.8 Å². The van der Waals surface area contributed by atoms with Gasteiger partial charge in [-0.1, -0.05) is 66.2 Å². The van der Waals surface area contributed by atoms with Crippen LogP contribution in [0.2, 0.25) is 0 Å². The number of carbonyl (C=O) groups is 2. The van der Waals surface area contributed by atoms with E-state index < -0.39 is 5.92 Å². The van der Waals surface area contributed by atoms with Crippen LogP contribution in [0.3, 0.4) is 0 Å². The minimum Gasteiger partial charge on any atom is -0.457 e. The standard InChI is InChI=1S/C24H20O3/c1-15-11-13-17(14-12-15)24(26)22(16(2)25)23-18-7-3-5-9-20(18)27-21-10-6-4-8-19(21)23/h3-14,22-23H,1-2H3/t22-/m0/s1. The van der Waals surface area contributed by atoms with E-state index in [0.29, 0.717) is 17.1 Å². The van der Waals surface area contributed by atoms with Crippen molar-refractivity contribution in [3.63, 3.8) is 0 Å². The van der Waals surface area contributed by atoms with Gasteiger partial charge in [0.05, 0.1) is 5.92 Å². The topological polar surface area (TPSA) is 43.4 Å². The van der Waals surface area contributed by atoms with Gasteiger partial charge < -0.3 is 4.74 Å². The Balaban J connectivity index is 1.87. The van der Waals surface area contributed by atoms with Crippen molar-refractivity contribution in [1.29, 1.82) is 0 Å². The molecule has 3 heteroatoms. The van der Waals surface area contributed by atoms with Crippen molar-refractivity contribution in [2.75, 3.05) is 0 Å². The predicted molar refractivity (Wildman–Crippen MR) is 104 cm³/mol. The van der Waals surface area contributed by atoms with Crippen molar-refractivity contribution in [2.24, 2.45) is 5.92 Å². The van der Waals surface area contributed by atoms with Crippen molar-refractivity contribution in [3.8, 4) is 11.5 Å². The zero-order valence-corrected chi connectivity index (χ0v) is 15.3. The van der Waals surface area contributed by atoms with E-state index in [1.807, 2.05) is 67.6 Å². The van der Waals surface area contributed by atoms with Gasteiger partial charge in [0.1, 0.15) is 17.3 Å². The van der Waals surface area contributed by atoms with E-state index in [1.54, 1.807) is 12.1 Å². The van der Waals surface area contributed by atoms with E-state index in [9.17, 15) is 9.59 Å². The fraction of sp³-hybridized carbons (Fsp3) is 0.167. The van der Waals surface area contributed by atoms with Crippen molar-refractivity contribution in [1.82, 2.24) is 0 Å². The molecule has 27 heavy (non-hydrogen) atoms. The summed E-state index contributed by atoms with van der Waals surface area (Å²) in [5.74, 6) is -0.0549. The first-order valence-electron chi connectivity index (χ1n) is 9.03. The van der Waals surface area contributed by atoms with Gasteiger partial charge in [0.15, 0.2) is 5.78 Å². The molecule has 1 heterocycles. The number of rotatable bonds is 4. The highest BCUT2D eigenvalue weighted by molar-refractivity contribution is 6.11. The van der Waals surface area contributed by atoms with Crippen molar-refractivity contribution >= 4 is 11.6 Å².